The summed E-state index contributed by atoms with van der Waals surface area (Å²) < 4.78 is 0. The molecule has 7 nitrogen and oxygen atoms in total. The molecule has 2 aliphatic heterocycles. The predicted molar refractivity (Wildman–Crippen MR) is 116 cm³/mol. The van der Waals surface area contributed by atoms with Gasteiger partial charge in [0.1, 0.15) is 0 Å². The number of carbonyl (C=O) groups excluding carboxylic acids is 2. The molecule has 0 aliphatic carbocycles. The smallest absolute Gasteiger partial charge is 0.227 e. The molecule has 158 valence electrons. The zero-order valence-corrected chi connectivity index (χ0v) is 17.4. The van der Waals surface area contributed by atoms with Crippen LogP contribution in [0.5, 0.6) is 0 Å². The van der Waals surface area contributed by atoms with Crippen LogP contribution in [0, 0.1) is 5.92 Å². The first-order valence-corrected chi connectivity index (χ1v) is 10.8. The lowest BCUT2D eigenvalue weighted by Crippen LogP contribution is -2.47. The zero-order valence-electron chi connectivity index (χ0n) is 17.4. The summed E-state index contributed by atoms with van der Waals surface area (Å²) in [5.74, 6) is 1.11. The fourth-order valence-corrected chi connectivity index (χ4v) is 4.28. The van der Waals surface area contributed by atoms with E-state index in [2.05, 4.69) is 23.2 Å². The molecule has 3 N–H and O–H groups in total. The van der Waals surface area contributed by atoms with Gasteiger partial charge in [-0.15, -0.1) is 0 Å². The lowest BCUT2D eigenvalue weighted by Gasteiger charge is -2.34. The second-order valence-corrected chi connectivity index (χ2v) is 7.89. The predicted octanol–water partition coefficient (Wildman–Crippen LogP) is 1.91. The molecule has 0 radical (unpaired) electrons. The molecule has 3 rings (SSSR count). The van der Waals surface area contributed by atoms with E-state index in [-0.39, 0.29) is 11.8 Å². The van der Waals surface area contributed by atoms with Crippen molar-refractivity contribution in [1.29, 1.82) is 0 Å². The van der Waals surface area contributed by atoms with Crippen LogP contribution in [-0.4, -0.2) is 55.4 Å². The molecule has 1 fully saturated rings. The second-order valence-electron chi connectivity index (χ2n) is 7.89. The fourth-order valence-electron chi connectivity index (χ4n) is 4.28. The molecule has 7 heteroatoms. The molecule has 1 saturated heterocycles. The number of likely N-dealkylation sites (tertiary alicyclic amines) is 1. The molecule has 1 atom stereocenters. The van der Waals surface area contributed by atoms with Crippen LogP contribution in [0.4, 0.5) is 5.69 Å². The van der Waals surface area contributed by atoms with Crippen molar-refractivity contribution in [2.75, 3.05) is 37.6 Å². The van der Waals surface area contributed by atoms with E-state index in [1.54, 1.807) is 0 Å². The molecule has 2 aliphatic rings. The second kappa shape index (κ2) is 10.3. The van der Waals surface area contributed by atoms with Gasteiger partial charge < -0.3 is 20.9 Å². The minimum atomic E-state index is -0.235. The van der Waals surface area contributed by atoms with E-state index in [4.69, 9.17) is 10.7 Å². The summed E-state index contributed by atoms with van der Waals surface area (Å²) in [6.07, 6.45) is 4.67. The van der Waals surface area contributed by atoms with Crippen molar-refractivity contribution < 1.29 is 9.59 Å². The SMILES string of the molecule is CCNC(=NCCCC(=O)N1CCc2ccccc21)N1CCCC(CC(N)=O)C1. The first kappa shape index (κ1) is 21.1. The maximum Gasteiger partial charge on any atom is 0.227 e. The first-order valence-electron chi connectivity index (χ1n) is 10.8. The molecule has 0 aromatic heterocycles. The summed E-state index contributed by atoms with van der Waals surface area (Å²) in [5.41, 5.74) is 7.68. The van der Waals surface area contributed by atoms with Crippen LogP contribution < -0.4 is 16.0 Å². The Morgan fingerprint density at radius 3 is 2.90 bits per heavy atom. The number of hydrogen-bond acceptors (Lipinski definition) is 3. The van der Waals surface area contributed by atoms with Gasteiger partial charge in [-0.25, -0.2) is 0 Å². The third-order valence-electron chi connectivity index (χ3n) is 5.64. The standard InChI is InChI=1S/C22H33N5O2/c1-2-24-22(26-13-6-7-17(16-26)15-20(23)28)25-12-5-10-21(29)27-14-11-18-8-3-4-9-19(18)27/h3-4,8-9,17H,2,5-7,10-16H2,1H3,(H2,23,28)(H,24,25). The number of benzene rings is 1. The first-order chi connectivity index (χ1) is 14.1. The van der Waals surface area contributed by atoms with Gasteiger partial charge in [-0.2, -0.15) is 0 Å². The van der Waals surface area contributed by atoms with Gasteiger partial charge in [0, 0.05) is 51.3 Å². The molecule has 1 aromatic carbocycles. The summed E-state index contributed by atoms with van der Waals surface area (Å²) in [6.45, 7) is 5.97. The quantitative estimate of drug-likeness (QED) is 0.416. The van der Waals surface area contributed by atoms with Crippen LogP contribution in [0.15, 0.2) is 29.3 Å². The van der Waals surface area contributed by atoms with Crippen molar-refractivity contribution in [3.63, 3.8) is 0 Å². The van der Waals surface area contributed by atoms with E-state index >= 15 is 0 Å². The van der Waals surface area contributed by atoms with Gasteiger partial charge in [0.25, 0.3) is 0 Å². The number of para-hydroxylation sites is 1. The Morgan fingerprint density at radius 1 is 1.28 bits per heavy atom. The summed E-state index contributed by atoms with van der Waals surface area (Å²) in [5, 5.41) is 3.35. The largest absolute Gasteiger partial charge is 0.370 e. The number of fused-ring (bicyclic) bond motifs is 1. The van der Waals surface area contributed by atoms with Crippen molar-refractivity contribution in [2.24, 2.45) is 16.6 Å². The number of amides is 2. The number of anilines is 1. The van der Waals surface area contributed by atoms with Gasteiger partial charge >= 0.3 is 0 Å². The number of piperidine rings is 1. The van der Waals surface area contributed by atoms with E-state index in [0.717, 1.165) is 63.5 Å². The van der Waals surface area contributed by atoms with Gasteiger partial charge in [0.05, 0.1) is 0 Å². The van der Waals surface area contributed by atoms with Crippen molar-refractivity contribution in [3.8, 4) is 0 Å². The summed E-state index contributed by atoms with van der Waals surface area (Å²) in [6, 6.07) is 8.14. The number of hydrogen-bond donors (Lipinski definition) is 2. The Morgan fingerprint density at radius 2 is 2.10 bits per heavy atom. The topological polar surface area (TPSA) is 91.0 Å². The minimum Gasteiger partial charge on any atom is -0.370 e. The van der Waals surface area contributed by atoms with Crippen LogP contribution >= 0.6 is 0 Å². The van der Waals surface area contributed by atoms with Gasteiger partial charge in [-0.3, -0.25) is 14.6 Å². The monoisotopic (exact) mass is 399 g/mol. The average Bonchev–Trinajstić information content (AvgIpc) is 3.14. The number of guanidine groups is 1. The van der Waals surface area contributed by atoms with Gasteiger partial charge in [-0.05, 0) is 50.2 Å². The number of aliphatic imine (C=N–C) groups is 1. The molecular weight excluding hydrogens is 366 g/mol. The lowest BCUT2D eigenvalue weighted by atomic mass is 9.95. The molecule has 2 heterocycles. The van der Waals surface area contributed by atoms with Crippen LogP contribution in [0.25, 0.3) is 0 Å². The number of carbonyl (C=O) groups is 2. The van der Waals surface area contributed by atoms with Crippen molar-refractivity contribution in [1.82, 2.24) is 10.2 Å². The Kier molecular flexibility index (Phi) is 7.49. The zero-order chi connectivity index (χ0) is 20.6. The highest BCUT2D eigenvalue weighted by molar-refractivity contribution is 5.95. The van der Waals surface area contributed by atoms with Gasteiger partial charge in [-0.1, -0.05) is 18.2 Å². The van der Waals surface area contributed by atoms with Crippen molar-refractivity contribution >= 4 is 23.5 Å². The van der Waals surface area contributed by atoms with E-state index in [1.165, 1.54) is 5.56 Å². The molecule has 1 aromatic rings. The van der Waals surface area contributed by atoms with Crippen LogP contribution in [-0.2, 0) is 16.0 Å². The van der Waals surface area contributed by atoms with E-state index in [1.807, 2.05) is 23.1 Å². The fraction of sp³-hybridized carbons (Fsp3) is 0.591. The Balaban J connectivity index is 1.50. The van der Waals surface area contributed by atoms with Gasteiger partial charge in [0.15, 0.2) is 5.96 Å². The third kappa shape index (κ3) is 5.71. The molecule has 2 amide bonds. The van der Waals surface area contributed by atoms with Crippen LogP contribution in [0.1, 0.15) is 44.6 Å². The maximum absolute atomic E-state index is 12.6. The highest BCUT2D eigenvalue weighted by Crippen LogP contribution is 2.28. The number of primary amides is 1. The van der Waals surface area contributed by atoms with Gasteiger partial charge in [0.2, 0.25) is 11.8 Å². The van der Waals surface area contributed by atoms with Crippen molar-refractivity contribution in [3.05, 3.63) is 29.8 Å². The molecular formula is C22H33N5O2. The van der Waals surface area contributed by atoms with Crippen LogP contribution in [0.2, 0.25) is 0 Å². The number of nitrogens with two attached hydrogens (primary N) is 1. The molecule has 0 saturated carbocycles. The Hall–Kier alpha value is -2.57. The summed E-state index contributed by atoms with van der Waals surface area (Å²) in [7, 11) is 0. The number of rotatable bonds is 7. The summed E-state index contributed by atoms with van der Waals surface area (Å²) in [4.78, 5) is 32.8. The normalized spacial score (nSPS) is 19.2. The minimum absolute atomic E-state index is 0.176. The molecule has 0 spiro atoms. The highest BCUT2D eigenvalue weighted by Gasteiger charge is 2.25. The molecule has 29 heavy (non-hydrogen) atoms. The number of nitrogens with one attached hydrogen (secondary N) is 1. The van der Waals surface area contributed by atoms with Crippen molar-refractivity contribution in [2.45, 2.75) is 45.4 Å². The number of nitrogens with zero attached hydrogens (tertiary/aromatic N) is 3. The summed E-state index contributed by atoms with van der Waals surface area (Å²) >= 11 is 0. The highest BCUT2D eigenvalue weighted by atomic mass is 16.2. The Bertz CT molecular complexity index is 748. The van der Waals surface area contributed by atoms with E-state index in [9.17, 15) is 9.59 Å². The molecule has 0 bridgehead atoms. The average molecular weight is 400 g/mol. The third-order valence-corrected chi connectivity index (χ3v) is 5.64. The Labute approximate surface area is 173 Å². The maximum atomic E-state index is 12.6. The van der Waals surface area contributed by atoms with E-state index in [0.29, 0.717) is 25.3 Å². The lowest BCUT2D eigenvalue weighted by molar-refractivity contribution is -0.119. The molecule has 1 unspecified atom stereocenters. The van der Waals surface area contributed by atoms with E-state index < -0.39 is 0 Å². The van der Waals surface area contributed by atoms with Crippen LogP contribution in [0.3, 0.4) is 0 Å².